The molecule has 3 heterocycles. The minimum atomic E-state index is 1.01. The molecule has 0 spiro atoms. The first-order valence-corrected chi connectivity index (χ1v) is 11.3. The van der Waals surface area contributed by atoms with Crippen molar-refractivity contribution in [3.63, 3.8) is 0 Å². The van der Waals surface area contributed by atoms with Gasteiger partial charge in [0, 0.05) is 59.7 Å². The lowest BCUT2D eigenvalue weighted by Gasteiger charge is -2.34. The molecule has 1 saturated heterocycles. The van der Waals surface area contributed by atoms with Crippen LogP contribution in [0.1, 0.15) is 5.56 Å². The van der Waals surface area contributed by atoms with Crippen molar-refractivity contribution in [1.29, 1.82) is 0 Å². The number of benzene rings is 2. The molecule has 1 aliphatic heterocycles. The maximum absolute atomic E-state index is 4.56. The summed E-state index contributed by atoms with van der Waals surface area (Å²) in [6.45, 7) is 6.55. The van der Waals surface area contributed by atoms with Crippen LogP contribution >= 0.6 is 11.3 Å². The molecule has 4 aromatic rings. The monoisotopic (exact) mass is 414 g/mol. The summed E-state index contributed by atoms with van der Waals surface area (Å²) in [5.41, 5.74) is 7.03. The van der Waals surface area contributed by atoms with Gasteiger partial charge in [-0.1, -0.05) is 6.07 Å². The number of likely N-dealkylation sites (N-methyl/N-ethyl adjacent to an activating group) is 1. The fourth-order valence-electron chi connectivity index (χ4n) is 3.97. The Hall–Kier alpha value is -2.89. The molecule has 0 amide bonds. The number of hydrogen-bond donors (Lipinski definition) is 1. The van der Waals surface area contributed by atoms with Crippen molar-refractivity contribution in [2.24, 2.45) is 0 Å². The maximum atomic E-state index is 4.56. The van der Waals surface area contributed by atoms with Crippen molar-refractivity contribution >= 4 is 39.3 Å². The molecule has 0 saturated carbocycles. The van der Waals surface area contributed by atoms with Gasteiger partial charge in [-0.05, 0) is 79.0 Å². The van der Waals surface area contributed by atoms with E-state index in [1.165, 1.54) is 21.7 Å². The Kier molecular flexibility index (Phi) is 5.15. The lowest BCUT2D eigenvalue weighted by Crippen LogP contribution is -2.44. The molecule has 1 fully saturated rings. The molecule has 5 heteroatoms. The van der Waals surface area contributed by atoms with Crippen molar-refractivity contribution in [2.45, 2.75) is 6.92 Å². The number of anilines is 3. The van der Waals surface area contributed by atoms with Crippen LogP contribution in [0.5, 0.6) is 0 Å². The number of aromatic nitrogens is 1. The molecular weight excluding hydrogens is 388 g/mol. The lowest BCUT2D eigenvalue weighted by molar-refractivity contribution is 0.313. The Morgan fingerprint density at radius 3 is 2.47 bits per heavy atom. The van der Waals surface area contributed by atoms with E-state index in [2.05, 4.69) is 94.0 Å². The SMILES string of the molecule is Cc1csc(-c2ccc3nccc(Nc4ccc(N5CCN(C)CC5)cc4)c3c2)c1. The standard InChI is InChI=1S/C25H26N4S/c1-18-15-25(30-17-18)19-3-8-23-22(16-19)24(9-10-26-23)27-20-4-6-21(7-5-20)29-13-11-28(2)12-14-29/h3-10,15-17H,11-14H2,1-2H3,(H,26,27). The van der Waals surface area contributed by atoms with Crippen LogP contribution in [0.25, 0.3) is 21.3 Å². The fraction of sp³-hybridized carbons (Fsp3) is 0.240. The Bertz CT molecular complexity index is 1160. The Morgan fingerprint density at radius 2 is 1.73 bits per heavy atom. The highest BCUT2D eigenvalue weighted by molar-refractivity contribution is 7.13. The first-order chi connectivity index (χ1) is 14.7. The molecule has 1 N–H and O–H groups in total. The third-order valence-electron chi connectivity index (χ3n) is 5.77. The van der Waals surface area contributed by atoms with Gasteiger partial charge in [-0.3, -0.25) is 4.98 Å². The van der Waals surface area contributed by atoms with Crippen LogP contribution in [0.2, 0.25) is 0 Å². The molecule has 0 radical (unpaired) electrons. The number of pyridine rings is 1. The molecule has 0 aliphatic carbocycles. The van der Waals surface area contributed by atoms with E-state index in [4.69, 9.17) is 0 Å². The molecule has 0 atom stereocenters. The second kappa shape index (κ2) is 8.09. The van der Waals surface area contributed by atoms with E-state index >= 15 is 0 Å². The molecule has 152 valence electrons. The smallest absolute Gasteiger partial charge is 0.0723 e. The van der Waals surface area contributed by atoms with Crippen LogP contribution in [0.3, 0.4) is 0 Å². The summed E-state index contributed by atoms with van der Waals surface area (Å²) >= 11 is 1.79. The van der Waals surface area contributed by atoms with Gasteiger partial charge >= 0.3 is 0 Å². The molecule has 0 bridgehead atoms. The van der Waals surface area contributed by atoms with E-state index in [-0.39, 0.29) is 0 Å². The molecule has 4 nitrogen and oxygen atoms in total. The molecule has 2 aromatic heterocycles. The summed E-state index contributed by atoms with van der Waals surface area (Å²) in [5.74, 6) is 0. The van der Waals surface area contributed by atoms with Crippen molar-refractivity contribution in [3.05, 3.63) is 71.7 Å². The number of rotatable bonds is 4. The van der Waals surface area contributed by atoms with Gasteiger partial charge in [-0.15, -0.1) is 11.3 Å². The summed E-state index contributed by atoms with van der Waals surface area (Å²) in [7, 11) is 2.19. The summed E-state index contributed by atoms with van der Waals surface area (Å²) < 4.78 is 0. The van der Waals surface area contributed by atoms with Crippen LogP contribution in [-0.2, 0) is 0 Å². The van der Waals surface area contributed by atoms with E-state index < -0.39 is 0 Å². The fourth-order valence-corrected chi connectivity index (χ4v) is 4.86. The topological polar surface area (TPSA) is 31.4 Å². The van der Waals surface area contributed by atoms with E-state index in [0.29, 0.717) is 0 Å². The van der Waals surface area contributed by atoms with Gasteiger partial charge < -0.3 is 15.1 Å². The minimum absolute atomic E-state index is 1.01. The molecule has 5 rings (SSSR count). The van der Waals surface area contributed by atoms with Gasteiger partial charge in [0.25, 0.3) is 0 Å². The minimum Gasteiger partial charge on any atom is -0.369 e. The van der Waals surface area contributed by atoms with Gasteiger partial charge in [0.15, 0.2) is 0 Å². The van der Waals surface area contributed by atoms with Gasteiger partial charge in [0.05, 0.1) is 5.52 Å². The van der Waals surface area contributed by atoms with Gasteiger partial charge in [-0.2, -0.15) is 0 Å². The largest absolute Gasteiger partial charge is 0.369 e. The summed E-state index contributed by atoms with van der Waals surface area (Å²) in [6.07, 6.45) is 1.87. The highest BCUT2D eigenvalue weighted by Crippen LogP contribution is 2.33. The van der Waals surface area contributed by atoms with E-state index in [0.717, 1.165) is 48.5 Å². The molecule has 1 aliphatic rings. The zero-order valence-corrected chi connectivity index (χ0v) is 18.2. The predicted octanol–water partition coefficient (Wildman–Crippen LogP) is 5.77. The van der Waals surface area contributed by atoms with E-state index in [9.17, 15) is 0 Å². The van der Waals surface area contributed by atoms with Gasteiger partial charge in [0.2, 0.25) is 0 Å². The Morgan fingerprint density at radius 1 is 0.933 bits per heavy atom. The first-order valence-electron chi connectivity index (χ1n) is 10.4. The van der Waals surface area contributed by atoms with Crippen LogP contribution < -0.4 is 10.2 Å². The van der Waals surface area contributed by atoms with Crippen molar-refractivity contribution in [1.82, 2.24) is 9.88 Å². The normalized spacial score (nSPS) is 14.9. The van der Waals surface area contributed by atoms with E-state index in [1.807, 2.05) is 6.20 Å². The number of aryl methyl sites for hydroxylation is 1. The average Bonchev–Trinajstić information content (AvgIpc) is 3.21. The second-order valence-electron chi connectivity index (χ2n) is 8.04. The Balaban J connectivity index is 1.40. The third kappa shape index (κ3) is 3.91. The van der Waals surface area contributed by atoms with Crippen LogP contribution in [-0.4, -0.2) is 43.1 Å². The van der Waals surface area contributed by atoms with Crippen molar-refractivity contribution in [2.75, 3.05) is 43.4 Å². The maximum Gasteiger partial charge on any atom is 0.0723 e. The molecule has 30 heavy (non-hydrogen) atoms. The summed E-state index contributed by atoms with van der Waals surface area (Å²) in [6, 6.07) is 19.6. The highest BCUT2D eigenvalue weighted by atomic mass is 32.1. The number of hydrogen-bond acceptors (Lipinski definition) is 5. The average molecular weight is 415 g/mol. The molecule has 0 unspecified atom stereocenters. The molecule has 2 aromatic carbocycles. The summed E-state index contributed by atoms with van der Waals surface area (Å²) in [5, 5.41) is 6.95. The van der Waals surface area contributed by atoms with Crippen LogP contribution in [0, 0.1) is 6.92 Å². The van der Waals surface area contributed by atoms with Gasteiger partial charge in [-0.25, -0.2) is 0 Å². The third-order valence-corrected chi connectivity index (χ3v) is 6.87. The van der Waals surface area contributed by atoms with Crippen molar-refractivity contribution < 1.29 is 0 Å². The Labute approximate surface area is 181 Å². The second-order valence-corrected chi connectivity index (χ2v) is 8.95. The first kappa shape index (κ1) is 19.1. The number of thiophene rings is 1. The lowest BCUT2D eigenvalue weighted by atomic mass is 10.1. The van der Waals surface area contributed by atoms with E-state index in [1.54, 1.807) is 11.3 Å². The predicted molar refractivity (Wildman–Crippen MR) is 129 cm³/mol. The van der Waals surface area contributed by atoms with Crippen molar-refractivity contribution in [3.8, 4) is 10.4 Å². The van der Waals surface area contributed by atoms with Crippen LogP contribution in [0.4, 0.5) is 17.1 Å². The summed E-state index contributed by atoms with van der Waals surface area (Å²) in [4.78, 5) is 10.7. The molecular formula is C25H26N4S. The number of fused-ring (bicyclic) bond motifs is 1. The number of piperazine rings is 1. The van der Waals surface area contributed by atoms with Gasteiger partial charge in [0.1, 0.15) is 0 Å². The van der Waals surface area contributed by atoms with Crippen LogP contribution in [0.15, 0.2) is 66.2 Å². The quantitative estimate of drug-likeness (QED) is 0.459. The highest BCUT2D eigenvalue weighted by Gasteiger charge is 2.14. The number of nitrogens with one attached hydrogen (secondary N) is 1. The zero-order chi connectivity index (χ0) is 20.5. The number of nitrogens with zero attached hydrogens (tertiary/aromatic N) is 3. The zero-order valence-electron chi connectivity index (χ0n) is 17.4.